The van der Waals surface area contributed by atoms with Gasteiger partial charge in [-0.2, -0.15) is 10.1 Å². The summed E-state index contributed by atoms with van der Waals surface area (Å²) < 4.78 is 13.9. The van der Waals surface area contributed by atoms with E-state index in [1.165, 1.54) is 0 Å². The zero-order valence-corrected chi connectivity index (χ0v) is 18.4. The van der Waals surface area contributed by atoms with E-state index in [0.717, 1.165) is 27.0 Å². The minimum Gasteiger partial charge on any atom is -0.497 e. The number of aliphatic hydroxyl groups is 1. The van der Waals surface area contributed by atoms with Gasteiger partial charge in [-0.15, -0.1) is 0 Å². The monoisotopic (exact) mass is 470 g/mol. The summed E-state index contributed by atoms with van der Waals surface area (Å²) in [5.74, 6) is 2.79. The molecule has 156 valence electrons. The number of rotatable bonds is 7. The average molecular weight is 471 g/mol. The second-order valence-corrected chi connectivity index (χ2v) is 7.80. The highest BCUT2D eigenvalue weighted by atomic mass is 79.9. The number of fused-ring (bicyclic) bond motifs is 1. The first kappa shape index (κ1) is 20.4. The van der Waals surface area contributed by atoms with Crippen LogP contribution in [0, 0.1) is 0 Å². The number of ether oxygens (including phenoxy) is 2. The van der Waals surface area contributed by atoms with Crippen LogP contribution in [0.25, 0.3) is 5.70 Å². The fourth-order valence-electron chi connectivity index (χ4n) is 3.46. The zero-order valence-electron chi connectivity index (χ0n) is 16.8. The lowest BCUT2D eigenvalue weighted by atomic mass is 10.0. The first-order valence-electron chi connectivity index (χ1n) is 9.66. The van der Waals surface area contributed by atoms with Crippen molar-refractivity contribution in [2.24, 2.45) is 0 Å². The van der Waals surface area contributed by atoms with Gasteiger partial charge in [-0.3, -0.25) is 0 Å². The van der Waals surface area contributed by atoms with Crippen LogP contribution in [0.5, 0.6) is 11.5 Å². The van der Waals surface area contributed by atoms with Crippen molar-refractivity contribution in [3.63, 3.8) is 0 Å². The van der Waals surface area contributed by atoms with Crippen molar-refractivity contribution in [1.29, 1.82) is 0 Å². The van der Waals surface area contributed by atoms with Gasteiger partial charge < -0.3 is 19.9 Å². The van der Waals surface area contributed by atoms with Gasteiger partial charge in [-0.1, -0.05) is 28.1 Å². The number of benzene rings is 2. The van der Waals surface area contributed by atoms with E-state index < -0.39 is 0 Å². The van der Waals surface area contributed by atoms with Crippen LogP contribution in [0.15, 0.2) is 53.0 Å². The molecule has 0 saturated heterocycles. The number of anilines is 1. The number of allylic oxidation sites excluding steroid dienone is 1. The van der Waals surface area contributed by atoms with Crippen molar-refractivity contribution in [1.82, 2.24) is 14.8 Å². The summed E-state index contributed by atoms with van der Waals surface area (Å²) in [4.78, 5) is 4.66. The summed E-state index contributed by atoms with van der Waals surface area (Å²) in [6.45, 7) is 0.107. The average Bonchev–Trinajstić information content (AvgIpc) is 3.20. The Balaban J connectivity index is 1.81. The molecule has 1 aliphatic heterocycles. The van der Waals surface area contributed by atoms with Crippen LogP contribution < -0.4 is 14.8 Å². The summed E-state index contributed by atoms with van der Waals surface area (Å²) in [5, 5.41) is 17.3. The summed E-state index contributed by atoms with van der Waals surface area (Å²) in [6.07, 6.45) is 3.34. The topological polar surface area (TPSA) is 81.4 Å². The highest BCUT2D eigenvalue weighted by Gasteiger charge is 2.27. The summed E-state index contributed by atoms with van der Waals surface area (Å²) in [7, 11) is 3.28. The summed E-state index contributed by atoms with van der Waals surface area (Å²) in [5.41, 5.74) is 2.94. The summed E-state index contributed by atoms with van der Waals surface area (Å²) in [6, 6.07) is 13.7. The Morgan fingerprint density at radius 1 is 1.13 bits per heavy atom. The molecule has 0 bridgehead atoms. The molecule has 4 rings (SSSR count). The van der Waals surface area contributed by atoms with Crippen molar-refractivity contribution in [2.45, 2.75) is 18.9 Å². The highest BCUT2D eigenvalue weighted by Crippen LogP contribution is 2.38. The van der Waals surface area contributed by atoms with Crippen molar-refractivity contribution in [2.75, 3.05) is 26.1 Å². The molecule has 3 aromatic rings. The maximum atomic E-state index is 9.17. The number of nitrogens with one attached hydrogen (secondary N) is 1. The Morgan fingerprint density at radius 2 is 1.93 bits per heavy atom. The van der Waals surface area contributed by atoms with Gasteiger partial charge in [0.05, 0.1) is 14.2 Å². The largest absolute Gasteiger partial charge is 0.497 e. The van der Waals surface area contributed by atoms with Gasteiger partial charge in [0.15, 0.2) is 5.82 Å². The van der Waals surface area contributed by atoms with Gasteiger partial charge >= 0.3 is 0 Å². The predicted octanol–water partition coefficient (Wildman–Crippen LogP) is 4.04. The third-order valence-electron chi connectivity index (χ3n) is 4.98. The fraction of sp³-hybridized carbons (Fsp3) is 0.273. The summed E-state index contributed by atoms with van der Waals surface area (Å²) >= 11 is 3.49. The van der Waals surface area contributed by atoms with E-state index in [9.17, 15) is 5.11 Å². The Kier molecular flexibility index (Phi) is 6.06. The van der Waals surface area contributed by atoms with Crippen molar-refractivity contribution < 1.29 is 14.6 Å². The molecule has 1 atom stereocenters. The first-order chi connectivity index (χ1) is 14.6. The molecule has 0 radical (unpaired) electrons. The Morgan fingerprint density at radius 3 is 2.63 bits per heavy atom. The van der Waals surface area contributed by atoms with Gasteiger partial charge in [0, 0.05) is 34.8 Å². The maximum absolute atomic E-state index is 9.17. The van der Waals surface area contributed by atoms with Crippen molar-refractivity contribution in [3.05, 3.63) is 70.0 Å². The van der Waals surface area contributed by atoms with Gasteiger partial charge in [0.25, 0.3) is 0 Å². The molecule has 7 nitrogen and oxygen atoms in total. The van der Waals surface area contributed by atoms with Gasteiger partial charge in [-0.25, -0.2) is 4.68 Å². The van der Waals surface area contributed by atoms with Crippen molar-refractivity contribution >= 4 is 27.6 Å². The van der Waals surface area contributed by atoms with Crippen LogP contribution in [-0.2, 0) is 6.42 Å². The third-order valence-corrected chi connectivity index (χ3v) is 5.51. The SMILES string of the molecule is COc1ccc(C2C=C(c3ccc(Br)cc3)Nc3nc(CCCO)nn32)c(OC)c1. The highest BCUT2D eigenvalue weighted by molar-refractivity contribution is 9.10. The van der Waals surface area contributed by atoms with Crippen LogP contribution in [0.3, 0.4) is 0 Å². The smallest absolute Gasteiger partial charge is 0.226 e. The molecule has 0 spiro atoms. The van der Waals surface area contributed by atoms with Gasteiger partial charge in [0.1, 0.15) is 17.5 Å². The minimum atomic E-state index is -0.212. The van der Waals surface area contributed by atoms with Crippen LogP contribution in [0.4, 0.5) is 5.95 Å². The normalized spacial score (nSPS) is 15.2. The Hall–Kier alpha value is -2.84. The van der Waals surface area contributed by atoms with E-state index in [4.69, 9.17) is 14.6 Å². The number of aliphatic hydroxyl groups excluding tert-OH is 1. The standard InChI is InChI=1S/C22H23BrN4O3/c1-29-16-9-10-17(20(12-16)30-2)19-13-18(14-5-7-15(23)8-6-14)24-22-25-21(4-3-11-28)26-27(19)22/h5-10,12-13,19,28H,3-4,11H2,1-2H3,(H,24,25,26). The fourth-order valence-corrected chi connectivity index (χ4v) is 3.73. The third kappa shape index (κ3) is 4.06. The Bertz CT molecular complexity index is 1060. The van der Waals surface area contributed by atoms with E-state index in [0.29, 0.717) is 30.4 Å². The van der Waals surface area contributed by atoms with Gasteiger partial charge in [-0.05, 0) is 42.3 Å². The molecule has 2 heterocycles. The number of hydrogen-bond donors (Lipinski definition) is 2. The molecule has 2 aromatic carbocycles. The number of aryl methyl sites for hydroxylation is 1. The number of halogens is 1. The molecule has 8 heteroatoms. The lowest BCUT2D eigenvalue weighted by Gasteiger charge is -2.25. The van der Waals surface area contributed by atoms with Crippen LogP contribution >= 0.6 is 15.9 Å². The molecule has 2 N–H and O–H groups in total. The van der Waals surface area contributed by atoms with E-state index in [-0.39, 0.29) is 12.6 Å². The zero-order chi connectivity index (χ0) is 21.1. The molecular weight excluding hydrogens is 448 g/mol. The molecule has 0 saturated carbocycles. The van der Waals surface area contributed by atoms with Crippen LogP contribution in [0.2, 0.25) is 0 Å². The lowest BCUT2D eigenvalue weighted by molar-refractivity contribution is 0.287. The molecule has 1 aliphatic rings. The van der Waals surface area contributed by atoms with E-state index >= 15 is 0 Å². The molecule has 0 aliphatic carbocycles. The van der Waals surface area contributed by atoms with Crippen LogP contribution in [0.1, 0.15) is 29.4 Å². The molecule has 1 aromatic heterocycles. The molecular formula is C22H23BrN4O3. The Labute approximate surface area is 183 Å². The number of nitrogens with zero attached hydrogens (tertiary/aromatic N) is 3. The molecule has 1 unspecified atom stereocenters. The second-order valence-electron chi connectivity index (χ2n) is 6.89. The van der Waals surface area contributed by atoms with E-state index in [1.54, 1.807) is 14.2 Å². The number of aromatic nitrogens is 3. The predicted molar refractivity (Wildman–Crippen MR) is 119 cm³/mol. The molecule has 0 amide bonds. The maximum Gasteiger partial charge on any atom is 0.226 e. The van der Waals surface area contributed by atoms with Gasteiger partial charge in [0.2, 0.25) is 5.95 Å². The lowest BCUT2D eigenvalue weighted by Crippen LogP contribution is -2.20. The minimum absolute atomic E-state index is 0.107. The van der Waals surface area contributed by atoms with E-state index in [2.05, 4.69) is 32.3 Å². The first-order valence-corrected chi connectivity index (χ1v) is 10.4. The number of methoxy groups -OCH3 is 2. The van der Waals surface area contributed by atoms with Crippen molar-refractivity contribution in [3.8, 4) is 11.5 Å². The quantitative estimate of drug-likeness (QED) is 0.542. The van der Waals surface area contributed by atoms with Crippen LogP contribution in [-0.4, -0.2) is 40.7 Å². The molecule has 30 heavy (non-hydrogen) atoms. The number of hydrogen-bond acceptors (Lipinski definition) is 6. The van der Waals surface area contributed by atoms with E-state index in [1.807, 2.05) is 47.1 Å². The molecule has 0 fully saturated rings. The second kappa shape index (κ2) is 8.89.